The number of rotatable bonds is 8. The molecule has 0 aliphatic rings. The van der Waals surface area contributed by atoms with E-state index in [9.17, 15) is 4.79 Å². The third kappa shape index (κ3) is 5.43. The van der Waals surface area contributed by atoms with Crippen LogP contribution in [0, 0.1) is 6.92 Å². The summed E-state index contributed by atoms with van der Waals surface area (Å²) < 4.78 is 5.36. The number of nitrogens with zero attached hydrogens (tertiary/aromatic N) is 2. The van der Waals surface area contributed by atoms with E-state index in [-0.39, 0.29) is 6.61 Å². The van der Waals surface area contributed by atoms with Crippen LogP contribution in [0.1, 0.15) is 27.3 Å². The van der Waals surface area contributed by atoms with E-state index in [0.717, 1.165) is 16.4 Å². The van der Waals surface area contributed by atoms with Gasteiger partial charge in [-0.25, -0.2) is 14.8 Å². The first-order chi connectivity index (χ1) is 14.7. The van der Waals surface area contributed by atoms with Gasteiger partial charge in [0.1, 0.15) is 6.61 Å². The lowest BCUT2D eigenvalue weighted by molar-refractivity contribution is 0.0462. The summed E-state index contributed by atoms with van der Waals surface area (Å²) in [6.45, 7) is 2.80. The monoisotopic (exact) mass is 436 g/mol. The zero-order valence-electron chi connectivity index (χ0n) is 16.3. The van der Waals surface area contributed by atoms with Crippen molar-refractivity contribution in [1.29, 1.82) is 0 Å². The number of anilines is 3. The Morgan fingerprint density at radius 1 is 0.967 bits per heavy atom. The Hall–Kier alpha value is -3.23. The molecule has 0 unspecified atom stereocenters. The molecule has 4 aromatic rings. The van der Waals surface area contributed by atoms with Crippen LogP contribution in [0.2, 0.25) is 0 Å². The van der Waals surface area contributed by atoms with Gasteiger partial charge in [0.25, 0.3) is 0 Å². The number of aryl methyl sites for hydroxylation is 1. The van der Waals surface area contributed by atoms with E-state index in [2.05, 4.69) is 20.6 Å². The van der Waals surface area contributed by atoms with Crippen LogP contribution in [-0.2, 0) is 17.9 Å². The van der Waals surface area contributed by atoms with Crippen LogP contribution in [0.15, 0.2) is 65.4 Å². The van der Waals surface area contributed by atoms with E-state index >= 15 is 0 Å². The highest BCUT2D eigenvalue weighted by Gasteiger charge is 2.13. The summed E-state index contributed by atoms with van der Waals surface area (Å²) >= 11 is 2.85. The first kappa shape index (κ1) is 20.1. The number of ether oxygens (including phenoxy) is 1. The molecule has 2 aromatic carbocycles. The molecule has 0 spiro atoms. The Kier molecular flexibility index (Phi) is 6.36. The van der Waals surface area contributed by atoms with Crippen molar-refractivity contribution in [1.82, 2.24) is 9.97 Å². The van der Waals surface area contributed by atoms with Gasteiger partial charge in [0, 0.05) is 23.0 Å². The SMILES string of the molecule is Cc1ccc(Nc2nc(COC(=O)c3csc(NCc4ccccc4)n3)cs2)cc1. The molecule has 0 saturated carbocycles. The minimum Gasteiger partial charge on any atom is -0.454 e. The van der Waals surface area contributed by atoms with Gasteiger partial charge in [0.15, 0.2) is 16.0 Å². The molecule has 0 aliphatic heterocycles. The summed E-state index contributed by atoms with van der Waals surface area (Å²) in [6, 6.07) is 18.1. The summed E-state index contributed by atoms with van der Waals surface area (Å²) in [6.07, 6.45) is 0. The smallest absolute Gasteiger partial charge is 0.358 e. The molecule has 8 heteroatoms. The molecule has 0 atom stereocenters. The second-order valence-electron chi connectivity index (χ2n) is 6.59. The molecular formula is C22H20N4O2S2. The highest BCUT2D eigenvalue weighted by molar-refractivity contribution is 7.14. The van der Waals surface area contributed by atoms with Crippen LogP contribution >= 0.6 is 22.7 Å². The van der Waals surface area contributed by atoms with Crippen molar-refractivity contribution in [3.05, 3.63) is 87.9 Å². The Morgan fingerprint density at radius 2 is 1.73 bits per heavy atom. The largest absolute Gasteiger partial charge is 0.454 e. The van der Waals surface area contributed by atoms with E-state index in [0.29, 0.717) is 23.1 Å². The molecule has 0 amide bonds. The summed E-state index contributed by atoms with van der Waals surface area (Å²) in [5.41, 5.74) is 4.31. The lowest BCUT2D eigenvalue weighted by Crippen LogP contribution is -2.06. The summed E-state index contributed by atoms with van der Waals surface area (Å²) in [5.74, 6) is -0.458. The number of carbonyl (C=O) groups excluding carboxylic acids is 1. The number of hydrogen-bond acceptors (Lipinski definition) is 8. The molecule has 6 nitrogen and oxygen atoms in total. The normalized spacial score (nSPS) is 10.6. The lowest BCUT2D eigenvalue weighted by atomic mass is 10.2. The van der Waals surface area contributed by atoms with Crippen LogP contribution in [0.25, 0.3) is 0 Å². The molecule has 152 valence electrons. The molecular weight excluding hydrogens is 416 g/mol. The van der Waals surface area contributed by atoms with Crippen molar-refractivity contribution in [3.8, 4) is 0 Å². The van der Waals surface area contributed by atoms with Gasteiger partial charge < -0.3 is 15.4 Å². The van der Waals surface area contributed by atoms with E-state index < -0.39 is 5.97 Å². The lowest BCUT2D eigenvalue weighted by Gasteiger charge is -2.03. The number of aromatic nitrogens is 2. The van der Waals surface area contributed by atoms with Crippen molar-refractivity contribution in [2.24, 2.45) is 0 Å². The molecule has 0 fully saturated rings. The second-order valence-corrected chi connectivity index (χ2v) is 8.30. The highest BCUT2D eigenvalue weighted by Crippen LogP contribution is 2.22. The standard InChI is InChI=1S/C22H20N4O2S2/c1-15-7-9-17(10-8-15)24-22-25-18(13-29-22)12-28-20(27)19-14-30-21(26-19)23-11-16-5-3-2-4-6-16/h2-10,13-14H,11-12H2,1H3,(H,23,26)(H,24,25). The van der Waals surface area contributed by atoms with E-state index in [1.165, 1.54) is 28.2 Å². The quantitative estimate of drug-likeness (QED) is 0.349. The molecule has 30 heavy (non-hydrogen) atoms. The first-order valence-electron chi connectivity index (χ1n) is 9.34. The maximum absolute atomic E-state index is 12.3. The topological polar surface area (TPSA) is 76.1 Å². The number of hydrogen-bond donors (Lipinski definition) is 2. The number of carbonyl (C=O) groups is 1. The second kappa shape index (κ2) is 9.51. The predicted octanol–water partition coefficient (Wildman–Crippen LogP) is 5.62. The fourth-order valence-electron chi connectivity index (χ4n) is 2.63. The zero-order valence-corrected chi connectivity index (χ0v) is 17.9. The average Bonchev–Trinajstić information content (AvgIpc) is 3.43. The van der Waals surface area contributed by atoms with Gasteiger partial charge in [-0.3, -0.25) is 0 Å². The Balaban J connectivity index is 1.27. The minimum absolute atomic E-state index is 0.106. The third-order valence-electron chi connectivity index (χ3n) is 4.21. The van der Waals surface area contributed by atoms with Crippen molar-refractivity contribution >= 4 is 44.6 Å². The van der Waals surface area contributed by atoms with Gasteiger partial charge in [-0.15, -0.1) is 22.7 Å². The Labute approximate surface area is 182 Å². The number of benzene rings is 2. The Bertz CT molecular complexity index is 1110. The Morgan fingerprint density at radius 3 is 2.53 bits per heavy atom. The molecule has 0 bridgehead atoms. The maximum Gasteiger partial charge on any atom is 0.358 e. The van der Waals surface area contributed by atoms with Crippen molar-refractivity contribution in [2.75, 3.05) is 10.6 Å². The summed E-state index contributed by atoms with van der Waals surface area (Å²) in [7, 11) is 0. The molecule has 0 aliphatic carbocycles. The van der Waals surface area contributed by atoms with Gasteiger partial charge in [0.2, 0.25) is 0 Å². The van der Waals surface area contributed by atoms with Crippen molar-refractivity contribution < 1.29 is 9.53 Å². The fourth-order valence-corrected chi connectivity index (χ4v) is 4.02. The van der Waals surface area contributed by atoms with Crippen LogP contribution in [0.5, 0.6) is 0 Å². The van der Waals surface area contributed by atoms with Crippen LogP contribution < -0.4 is 10.6 Å². The molecule has 0 radical (unpaired) electrons. The van der Waals surface area contributed by atoms with Crippen LogP contribution in [-0.4, -0.2) is 15.9 Å². The average molecular weight is 437 g/mol. The molecule has 4 rings (SSSR count). The van der Waals surface area contributed by atoms with Crippen LogP contribution in [0.4, 0.5) is 16.0 Å². The minimum atomic E-state index is -0.458. The van der Waals surface area contributed by atoms with E-state index in [4.69, 9.17) is 4.74 Å². The summed E-state index contributed by atoms with van der Waals surface area (Å²) in [5, 5.41) is 11.5. The van der Waals surface area contributed by atoms with E-state index in [1.807, 2.05) is 66.9 Å². The molecule has 2 heterocycles. The molecule has 0 saturated heterocycles. The zero-order chi connectivity index (χ0) is 20.8. The number of nitrogens with one attached hydrogen (secondary N) is 2. The number of esters is 1. The van der Waals surface area contributed by atoms with Gasteiger partial charge in [-0.05, 0) is 24.6 Å². The van der Waals surface area contributed by atoms with Crippen molar-refractivity contribution in [2.45, 2.75) is 20.1 Å². The van der Waals surface area contributed by atoms with Crippen molar-refractivity contribution in [3.63, 3.8) is 0 Å². The summed E-state index contributed by atoms with van der Waals surface area (Å²) in [4.78, 5) is 21.1. The van der Waals surface area contributed by atoms with Gasteiger partial charge in [-0.2, -0.15) is 0 Å². The fraction of sp³-hybridized carbons (Fsp3) is 0.136. The van der Waals surface area contributed by atoms with Gasteiger partial charge >= 0.3 is 5.97 Å². The first-order valence-corrected chi connectivity index (χ1v) is 11.1. The molecule has 2 aromatic heterocycles. The third-order valence-corrected chi connectivity index (χ3v) is 5.81. The van der Waals surface area contributed by atoms with Crippen LogP contribution in [0.3, 0.4) is 0 Å². The van der Waals surface area contributed by atoms with Gasteiger partial charge in [-0.1, -0.05) is 48.0 Å². The highest BCUT2D eigenvalue weighted by atomic mass is 32.1. The van der Waals surface area contributed by atoms with E-state index in [1.54, 1.807) is 5.38 Å². The predicted molar refractivity (Wildman–Crippen MR) is 122 cm³/mol. The number of thiazole rings is 2. The van der Waals surface area contributed by atoms with Gasteiger partial charge in [0.05, 0.1) is 5.69 Å². The maximum atomic E-state index is 12.3. The molecule has 2 N–H and O–H groups in total.